The van der Waals surface area contributed by atoms with Gasteiger partial charge in [0.1, 0.15) is 5.69 Å². The number of imidazole rings is 1. The van der Waals surface area contributed by atoms with Crippen molar-refractivity contribution < 1.29 is 9.72 Å². The number of H-pyrrole nitrogens is 1. The van der Waals surface area contributed by atoms with E-state index >= 15 is 0 Å². The molecule has 0 amide bonds. The van der Waals surface area contributed by atoms with Crippen molar-refractivity contribution in [1.82, 2.24) is 9.97 Å². The summed E-state index contributed by atoms with van der Waals surface area (Å²) in [5, 5.41) is 11.3. The highest BCUT2D eigenvalue weighted by Crippen LogP contribution is 2.24. The number of nitrogens with one attached hydrogen (secondary N) is 1. The number of aryl methyl sites for hydroxylation is 1. The number of hydrogen-bond donors (Lipinski definition) is 1. The topological polar surface area (TPSA) is 88.9 Å². The summed E-state index contributed by atoms with van der Waals surface area (Å²) in [4.78, 5) is 28.9. The summed E-state index contributed by atoms with van der Waals surface area (Å²) in [6.07, 6.45) is -0.154. The van der Waals surface area contributed by atoms with Crippen LogP contribution in [0.15, 0.2) is 22.7 Å². The van der Waals surface area contributed by atoms with Gasteiger partial charge < -0.3 is 10.1 Å². The molecule has 0 unspecified atom stereocenters. The number of hydrogen-bond acceptors (Lipinski definition) is 4. The normalized spacial score (nSPS) is 10.6. The maximum Gasteiger partial charge on any atom is 0.344 e. The Morgan fingerprint density at radius 2 is 2.25 bits per heavy atom. The predicted octanol–water partition coefficient (Wildman–Crippen LogP) is 3.47. The molecule has 0 bridgehead atoms. The largest absolute Gasteiger partial charge is 0.358 e. The monoisotopic (exact) mass is 357 g/mol. The van der Waals surface area contributed by atoms with E-state index in [1.54, 1.807) is 19.1 Å². The van der Waals surface area contributed by atoms with E-state index < -0.39 is 4.92 Å². The lowest BCUT2D eigenvalue weighted by Crippen LogP contribution is -2.06. The molecule has 0 saturated heterocycles. The minimum absolute atomic E-state index is 0.122. The fraction of sp³-hybridized carbons (Fsp3) is 0.167. The van der Waals surface area contributed by atoms with E-state index in [0.717, 1.165) is 0 Å². The van der Waals surface area contributed by atoms with Gasteiger partial charge in [0.05, 0.1) is 11.4 Å². The van der Waals surface area contributed by atoms with Gasteiger partial charge in [-0.2, -0.15) is 0 Å². The minimum Gasteiger partial charge on any atom is -0.358 e. The highest BCUT2D eigenvalue weighted by atomic mass is 79.9. The lowest BCUT2D eigenvalue weighted by molar-refractivity contribution is -0.390. The Balaban J connectivity index is 2.27. The number of nitro groups is 1. The number of nitrogens with zero attached hydrogens (tertiary/aromatic N) is 2. The third-order valence-electron chi connectivity index (χ3n) is 2.63. The molecule has 1 N–H and O–H groups in total. The van der Waals surface area contributed by atoms with E-state index in [1.165, 1.54) is 6.07 Å². The Kier molecular flexibility index (Phi) is 4.20. The van der Waals surface area contributed by atoms with Crippen LogP contribution < -0.4 is 0 Å². The van der Waals surface area contributed by atoms with Crippen molar-refractivity contribution in [3.05, 3.63) is 54.9 Å². The number of benzene rings is 1. The number of aromatic amines is 1. The molecule has 1 aromatic heterocycles. The molecule has 8 heteroatoms. The smallest absolute Gasteiger partial charge is 0.344 e. The Bertz CT molecular complexity index is 699. The Labute approximate surface area is 127 Å². The minimum atomic E-state index is -0.586. The summed E-state index contributed by atoms with van der Waals surface area (Å²) in [5.74, 6) is -0.138. The summed E-state index contributed by atoms with van der Waals surface area (Å²) in [5.41, 5.74) is 0.504. The Hall–Kier alpha value is -1.73. The molecule has 2 rings (SSSR count). The van der Waals surface area contributed by atoms with E-state index in [9.17, 15) is 14.9 Å². The number of Topliss-reactive ketones (excluding diaryl/α,β-unsaturated/α-hetero) is 1. The lowest BCUT2D eigenvalue weighted by atomic mass is 10.1. The maximum absolute atomic E-state index is 12.1. The summed E-state index contributed by atoms with van der Waals surface area (Å²) >= 11 is 9.15. The summed E-state index contributed by atoms with van der Waals surface area (Å²) < 4.78 is 0.678. The number of ketones is 1. The molecule has 0 radical (unpaired) electrons. The second-order valence-corrected chi connectivity index (χ2v) is 5.37. The van der Waals surface area contributed by atoms with Gasteiger partial charge in [-0.1, -0.05) is 17.7 Å². The van der Waals surface area contributed by atoms with Crippen molar-refractivity contribution >= 4 is 39.1 Å². The molecule has 104 valence electrons. The van der Waals surface area contributed by atoms with E-state index in [2.05, 4.69) is 25.9 Å². The second kappa shape index (κ2) is 5.72. The van der Waals surface area contributed by atoms with Crippen molar-refractivity contribution in [2.24, 2.45) is 0 Å². The van der Waals surface area contributed by atoms with Crippen LogP contribution in [0.25, 0.3) is 0 Å². The van der Waals surface area contributed by atoms with Crippen molar-refractivity contribution in [1.29, 1.82) is 0 Å². The Morgan fingerprint density at radius 3 is 2.85 bits per heavy atom. The number of aromatic nitrogens is 2. The number of rotatable bonds is 4. The molecular formula is C12H9BrClN3O3. The second-order valence-electron chi connectivity index (χ2n) is 4.10. The fourth-order valence-corrected chi connectivity index (χ4v) is 2.15. The summed E-state index contributed by atoms with van der Waals surface area (Å²) in [7, 11) is 0. The van der Waals surface area contributed by atoms with Gasteiger partial charge in [-0.15, -0.1) is 0 Å². The first-order chi connectivity index (χ1) is 9.38. The highest BCUT2D eigenvalue weighted by Gasteiger charge is 2.21. The molecule has 0 aliphatic carbocycles. The van der Waals surface area contributed by atoms with Gasteiger partial charge in [-0.25, -0.2) is 9.97 Å². The molecule has 0 atom stereocenters. The molecule has 1 heterocycles. The van der Waals surface area contributed by atoms with Crippen molar-refractivity contribution in [3.63, 3.8) is 0 Å². The molecule has 20 heavy (non-hydrogen) atoms. The van der Waals surface area contributed by atoms with Crippen LogP contribution in [0.5, 0.6) is 0 Å². The zero-order chi connectivity index (χ0) is 14.9. The zero-order valence-corrected chi connectivity index (χ0v) is 12.7. The number of carbonyl (C=O) groups is 1. The highest BCUT2D eigenvalue weighted by molar-refractivity contribution is 9.10. The zero-order valence-electron chi connectivity index (χ0n) is 10.3. The number of halogens is 2. The van der Waals surface area contributed by atoms with Gasteiger partial charge in [-0.3, -0.25) is 4.79 Å². The van der Waals surface area contributed by atoms with E-state index in [1.807, 2.05) is 0 Å². The SMILES string of the molecule is Cc1nc(CC(=O)c2ccc(Br)c(Cl)c2)c([N+](=O)[O-])[nH]1. The summed E-state index contributed by atoms with van der Waals surface area (Å²) in [6, 6.07) is 4.77. The molecule has 2 aromatic rings. The van der Waals surface area contributed by atoms with E-state index in [-0.39, 0.29) is 23.7 Å². The molecule has 0 aliphatic heterocycles. The maximum atomic E-state index is 12.1. The summed E-state index contributed by atoms with van der Waals surface area (Å²) in [6.45, 7) is 1.59. The van der Waals surface area contributed by atoms with Crippen molar-refractivity contribution in [2.45, 2.75) is 13.3 Å². The van der Waals surface area contributed by atoms with Crippen LogP contribution >= 0.6 is 27.5 Å². The van der Waals surface area contributed by atoms with Gasteiger partial charge in [0.2, 0.25) is 0 Å². The van der Waals surface area contributed by atoms with Crippen molar-refractivity contribution in [2.75, 3.05) is 0 Å². The van der Waals surface area contributed by atoms with E-state index in [4.69, 9.17) is 11.6 Å². The lowest BCUT2D eigenvalue weighted by Gasteiger charge is -2.01. The Morgan fingerprint density at radius 1 is 1.55 bits per heavy atom. The van der Waals surface area contributed by atoms with E-state index in [0.29, 0.717) is 20.9 Å². The molecule has 0 spiro atoms. The third kappa shape index (κ3) is 3.05. The van der Waals surface area contributed by atoms with Gasteiger partial charge in [-0.05, 0) is 33.0 Å². The molecule has 0 fully saturated rings. The van der Waals surface area contributed by atoms with Crippen LogP contribution in [-0.2, 0) is 6.42 Å². The van der Waals surface area contributed by atoms with Gasteiger partial charge in [0, 0.05) is 17.0 Å². The van der Waals surface area contributed by atoms with Crippen molar-refractivity contribution in [3.8, 4) is 0 Å². The first kappa shape index (κ1) is 14.7. The van der Waals surface area contributed by atoms with Crippen LogP contribution in [0.2, 0.25) is 5.02 Å². The van der Waals surface area contributed by atoms with Crippen LogP contribution in [0, 0.1) is 17.0 Å². The first-order valence-electron chi connectivity index (χ1n) is 5.56. The quantitative estimate of drug-likeness (QED) is 0.515. The average Bonchev–Trinajstić information content (AvgIpc) is 2.73. The third-order valence-corrected chi connectivity index (χ3v) is 3.86. The average molecular weight is 359 g/mol. The standard InChI is InChI=1S/C12H9BrClN3O3/c1-6-15-10(12(16-6)17(19)20)5-11(18)7-2-3-8(13)9(14)4-7/h2-4H,5H2,1H3,(H,15,16). The van der Waals surface area contributed by atoms with Gasteiger partial charge in [0.15, 0.2) is 11.6 Å². The first-order valence-corrected chi connectivity index (χ1v) is 6.73. The fourth-order valence-electron chi connectivity index (χ4n) is 1.72. The predicted molar refractivity (Wildman–Crippen MR) is 77.2 cm³/mol. The molecular weight excluding hydrogens is 350 g/mol. The molecule has 6 nitrogen and oxygen atoms in total. The van der Waals surface area contributed by atoms with Crippen LogP contribution in [0.3, 0.4) is 0 Å². The molecule has 0 saturated carbocycles. The molecule has 0 aliphatic rings. The van der Waals surface area contributed by atoms with Crippen LogP contribution in [0.4, 0.5) is 5.82 Å². The van der Waals surface area contributed by atoms with Crippen LogP contribution in [-0.4, -0.2) is 20.7 Å². The number of carbonyl (C=O) groups excluding carboxylic acids is 1. The van der Waals surface area contributed by atoms with Gasteiger partial charge in [0.25, 0.3) is 0 Å². The van der Waals surface area contributed by atoms with Crippen LogP contribution in [0.1, 0.15) is 21.9 Å². The van der Waals surface area contributed by atoms with Gasteiger partial charge >= 0.3 is 5.82 Å². The molecule has 1 aromatic carbocycles.